The summed E-state index contributed by atoms with van der Waals surface area (Å²) in [6.07, 6.45) is 3.41. The number of amides is 1. The van der Waals surface area contributed by atoms with Crippen molar-refractivity contribution < 1.29 is 17.9 Å². The molecule has 3 rings (SSSR count). The molecule has 190 valence electrons. The fourth-order valence-electron chi connectivity index (χ4n) is 3.82. The van der Waals surface area contributed by atoms with E-state index in [0.717, 1.165) is 51.7 Å². The van der Waals surface area contributed by atoms with Crippen molar-refractivity contribution in [2.24, 2.45) is 5.92 Å². The minimum absolute atomic E-state index is 0.183. The second-order valence-electron chi connectivity index (χ2n) is 9.11. The van der Waals surface area contributed by atoms with Crippen LogP contribution in [-0.2, 0) is 17.4 Å². The lowest BCUT2D eigenvalue weighted by atomic mass is 10.1. The van der Waals surface area contributed by atoms with E-state index in [9.17, 15) is 13.2 Å². The molecule has 3 aromatic rings. The molecule has 1 heterocycles. The molecule has 9 heteroatoms. The normalized spacial score (nSPS) is 11.5. The highest BCUT2D eigenvalue weighted by Crippen LogP contribution is 2.26. The lowest BCUT2D eigenvalue weighted by molar-refractivity contribution is 0.0863. The van der Waals surface area contributed by atoms with Crippen LogP contribution < -0.4 is 4.74 Å². The van der Waals surface area contributed by atoms with Crippen molar-refractivity contribution in [3.63, 3.8) is 0 Å². The monoisotopic (exact) mass is 519 g/mol. The van der Waals surface area contributed by atoms with Crippen LogP contribution in [0.1, 0.15) is 68.2 Å². The highest BCUT2D eigenvalue weighted by atomic mass is 35.5. The Bertz CT molecular complexity index is 1240. The van der Waals surface area contributed by atoms with Crippen molar-refractivity contribution in [3.05, 3.63) is 58.4 Å². The Labute approximate surface area is 214 Å². The average molecular weight is 520 g/mol. The molecule has 1 amide bonds. The van der Waals surface area contributed by atoms with Gasteiger partial charge in [0.1, 0.15) is 11.6 Å². The lowest BCUT2D eigenvalue weighted by Crippen LogP contribution is -2.30. The molecule has 0 aliphatic carbocycles. The predicted octanol–water partition coefficient (Wildman–Crippen LogP) is 5.63. The van der Waals surface area contributed by atoms with E-state index >= 15 is 0 Å². The van der Waals surface area contributed by atoms with Gasteiger partial charge in [0.15, 0.2) is 0 Å². The number of fused-ring (bicyclic) bond motifs is 1. The molecule has 0 aliphatic heterocycles. The summed E-state index contributed by atoms with van der Waals surface area (Å²) in [7, 11) is -3.01. The second-order valence-corrected chi connectivity index (χ2v) is 10.5. The first-order valence-corrected chi connectivity index (χ1v) is 13.6. The van der Waals surface area contributed by atoms with Crippen molar-refractivity contribution in [2.75, 3.05) is 13.2 Å². The highest BCUT2D eigenvalue weighted by molar-refractivity contribution is 7.70. The van der Waals surface area contributed by atoms with Crippen molar-refractivity contribution >= 4 is 39.4 Å². The molecule has 1 aromatic heterocycles. The number of halogens is 1. The summed E-state index contributed by atoms with van der Waals surface area (Å²) >= 11 is 6.57. The summed E-state index contributed by atoms with van der Waals surface area (Å²) in [5, 5.41) is 0.589. The molecular formula is C26H34ClN3O4S. The summed E-state index contributed by atoms with van der Waals surface area (Å²) in [5.41, 5.74) is 2.68. The summed E-state index contributed by atoms with van der Waals surface area (Å²) in [5.74, 6) is 1.55. The van der Waals surface area contributed by atoms with Gasteiger partial charge in [-0.1, -0.05) is 51.3 Å². The first-order valence-electron chi connectivity index (χ1n) is 12.1. The number of unbranched alkanes of at least 4 members (excludes halogenated alkanes) is 2. The second kappa shape index (κ2) is 12.4. The number of imidazole rings is 1. The number of aryl methyl sites for hydroxylation is 1. The van der Waals surface area contributed by atoms with Crippen molar-refractivity contribution in [3.8, 4) is 5.75 Å². The molecule has 0 bridgehead atoms. The number of ether oxygens (including phenoxy) is 1. The fourth-order valence-corrected chi connectivity index (χ4v) is 4.62. The summed E-state index contributed by atoms with van der Waals surface area (Å²) in [6.45, 7) is 9.51. The Morgan fingerprint density at radius 1 is 1.17 bits per heavy atom. The first-order chi connectivity index (χ1) is 16.7. The van der Waals surface area contributed by atoms with Crippen LogP contribution in [0.2, 0.25) is 5.02 Å². The minimum atomic E-state index is -3.01. The quantitative estimate of drug-likeness (QED) is 0.248. The van der Waals surface area contributed by atoms with Gasteiger partial charge in [-0.25, -0.2) is 17.7 Å². The molecule has 0 atom stereocenters. The van der Waals surface area contributed by atoms with Gasteiger partial charge < -0.3 is 9.30 Å². The van der Waals surface area contributed by atoms with Crippen LogP contribution in [-0.4, -0.2) is 41.3 Å². The molecule has 0 unspecified atom stereocenters. The van der Waals surface area contributed by atoms with Gasteiger partial charge in [-0.15, -0.1) is 0 Å². The topological polar surface area (TPSA) is 81.5 Å². The minimum Gasteiger partial charge on any atom is -0.494 e. The van der Waals surface area contributed by atoms with E-state index < -0.39 is 16.8 Å². The molecule has 7 nitrogen and oxygen atoms in total. The van der Waals surface area contributed by atoms with E-state index in [-0.39, 0.29) is 6.54 Å². The molecule has 0 radical (unpaired) electrons. The summed E-state index contributed by atoms with van der Waals surface area (Å²) < 4.78 is 32.2. The van der Waals surface area contributed by atoms with Crippen molar-refractivity contribution in [1.29, 1.82) is 0 Å². The summed E-state index contributed by atoms with van der Waals surface area (Å²) in [4.78, 5) is 17.6. The SMILES string of the molecule is CCCCCN(C(=O)c1ccc2nc(C)n(Cc3ccc(OCCC(C)C)cc3Cl)c2c1)[SH](=O)=O. The van der Waals surface area contributed by atoms with E-state index in [4.69, 9.17) is 16.3 Å². The van der Waals surface area contributed by atoms with Gasteiger partial charge in [-0.05, 0) is 61.6 Å². The Morgan fingerprint density at radius 3 is 2.60 bits per heavy atom. The number of carbonyl (C=O) groups is 1. The average Bonchev–Trinajstić information content (AvgIpc) is 3.11. The standard InChI is InChI=1S/C26H34ClN3O4S/c1-5-6-7-13-30(35(32)33)26(31)20-9-11-24-25(15-20)29(19(4)28-24)17-21-8-10-22(16-23(21)27)34-14-12-18(2)3/h8-11,15-16,18,35H,5-7,12-14,17H2,1-4H3. The smallest absolute Gasteiger partial charge is 0.267 e. The van der Waals surface area contributed by atoms with E-state index in [0.29, 0.717) is 36.1 Å². The van der Waals surface area contributed by atoms with Gasteiger partial charge in [0.2, 0.25) is 10.9 Å². The Kier molecular flexibility index (Phi) is 9.57. The number of thiol groups is 1. The van der Waals surface area contributed by atoms with Crippen LogP contribution in [0.15, 0.2) is 36.4 Å². The molecule has 0 N–H and O–H groups in total. The van der Waals surface area contributed by atoms with Gasteiger partial charge in [0.25, 0.3) is 5.91 Å². The van der Waals surface area contributed by atoms with Crippen molar-refractivity contribution in [1.82, 2.24) is 13.9 Å². The summed E-state index contributed by atoms with van der Waals surface area (Å²) in [6, 6.07) is 10.7. The van der Waals surface area contributed by atoms with Crippen LogP contribution in [0.5, 0.6) is 5.75 Å². The number of hydrogen-bond acceptors (Lipinski definition) is 5. The van der Waals surface area contributed by atoms with Crippen LogP contribution in [0.4, 0.5) is 0 Å². The number of carbonyl (C=O) groups excluding carboxylic acids is 1. The maximum absolute atomic E-state index is 13.0. The van der Waals surface area contributed by atoms with Crippen LogP contribution in [0.25, 0.3) is 11.0 Å². The Hall–Kier alpha value is -2.58. The third-order valence-corrected chi connectivity index (χ3v) is 7.04. The molecule has 0 spiro atoms. The zero-order chi connectivity index (χ0) is 25.5. The lowest BCUT2D eigenvalue weighted by Gasteiger charge is -2.16. The number of aromatic nitrogens is 2. The largest absolute Gasteiger partial charge is 0.494 e. The Morgan fingerprint density at radius 2 is 1.94 bits per heavy atom. The molecule has 2 aromatic carbocycles. The highest BCUT2D eigenvalue weighted by Gasteiger charge is 2.20. The number of nitrogens with zero attached hydrogens (tertiary/aromatic N) is 3. The van der Waals surface area contributed by atoms with E-state index in [1.54, 1.807) is 18.2 Å². The zero-order valence-electron chi connectivity index (χ0n) is 20.8. The van der Waals surface area contributed by atoms with Gasteiger partial charge in [0, 0.05) is 17.1 Å². The van der Waals surface area contributed by atoms with Gasteiger partial charge in [-0.3, -0.25) is 4.79 Å². The van der Waals surface area contributed by atoms with Crippen molar-refractivity contribution in [2.45, 2.75) is 59.9 Å². The van der Waals surface area contributed by atoms with Gasteiger partial charge in [-0.2, -0.15) is 0 Å². The molecule has 0 aliphatic rings. The molecular weight excluding hydrogens is 486 g/mol. The predicted molar refractivity (Wildman–Crippen MR) is 141 cm³/mol. The molecule has 0 saturated heterocycles. The third-order valence-electron chi connectivity index (χ3n) is 5.91. The first kappa shape index (κ1) is 27.0. The van der Waals surface area contributed by atoms with Crippen LogP contribution >= 0.6 is 11.6 Å². The number of hydrogen-bond donors (Lipinski definition) is 1. The number of rotatable bonds is 12. The third kappa shape index (κ3) is 6.98. The maximum Gasteiger partial charge on any atom is 0.267 e. The van der Waals surface area contributed by atoms with E-state index in [1.165, 1.54) is 0 Å². The van der Waals surface area contributed by atoms with Gasteiger partial charge >= 0.3 is 0 Å². The Balaban J connectivity index is 1.85. The maximum atomic E-state index is 13.0. The van der Waals surface area contributed by atoms with Gasteiger partial charge in [0.05, 0.1) is 24.2 Å². The molecule has 0 fully saturated rings. The van der Waals surface area contributed by atoms with E-state index in [2.05, 4.69) is 18.8 Å². The van der Waals surface area contributed by atoms with E-state index in [1.807, 2.05) is 36.6 Å². The zero-order valence-corrected chi connectivity index (χ0v) is 22.4. The van der Waals surface area contributed by atoms with Crippen LogP contribution in [0, 0.1) is 12.8 Å². The number of benzene rings is 2. The molecule has 0 saturated carbocycles. The fraction of sp³-hybridized carbons (Fsp3) is 0.462. The molecule has 35 heavy (non-hydrogen) atoms. The van der Waals surface area contributed by atoms with Crippen LogP contribution in [0.3, 0.4) is 0 Å².